The van der Waals surface area contributed by atoms with E-state index in [1.807, 2.05) is 18.2 Å². The Labute approximate surface area is 185 Å². The number of non-ortho nitro benzene ring substituents is 1. The number of rotatable bonds is 6. The maximum absolute atomic E-state index is 12.7. The first-order valence-corrected chi connectivity index (χ1v) is 11.2. The molecule has 0 saturated heterocycles. The zero-order valence-corrected chi connectivity index (χ0v) is 17.8. The van der Waals surface area contributed by atoms with Crippen molar-refractivity contribution in [3.63, 3.8) is 0 Å². The molecular formula is C21H19N4O4S2+. The topological polar surface area (TPSA) is 117 Å². The Hall–Kier alpha value is -3.47. The van der Waals surface area contributed by atoms with Crippen LogP contribution < -0.4 is 10.6 Å². The van der Waals surface area contributed by atoms with E-state index in [-0.39, 0.29) is 21.6 Å². The van der Waals surface area contributed by atoms with E-state index in [0.29, 0.717) is 17.1 Å². The molecule has 10 heteroatoms. The zero-order valence-electron chi connectivity index (χ0n) is 16.2. The van der Waals surface area contributed by atoms with Crippen LogP contribution in [-0.4, -0.2) is 26.3 Å². The number of nitrogens with zero attached hydrogens (tertiary/aromatic N) is 2. The van der Waals surface area contributed by atoms with E-state index < -0.39 is 15.1 Å². The van der Waals surface area contributed by atoms with Gasteiger partial charge in [-0.1, -0.05) is 52.7 Å². The quantitative estimate of drug-likeness (QED) is 0.127. The number of hydrogen-bond acceptors (Lipinski definition) is 5. The summed E-state index contributed by atoms with van der Waals surface area (Å²) in [5, 5.41) is 16.8. The highest BCUT2D eigenvalue weighted by atomic mass is 32.3. The molecule has 1 unspecified atom stereocenters. The lowest BCUT2D eigenvalue weighted by molar-refractivity contribution is -0.384. The molecule has 0 aliphatic rings. The van der Waals surface area contributed by atoms with Gasteiger partial charge in [0.15, 0.2) is 10.0 Å². The van der Waals surface area contributed by atoms with Gasteiger partial charge in [-0.2, -0.15) is 4.55 Å². The van der Waals surface area contributed by atoms with Crippen LogP contribution >= 0.6 is 12.2 Å². The predicted molar refractivity (Wildman–Crippen MR) is 126 cm³/mol. The van der Waals surface area contributed by atoms with Gasteiger partial charge >= 0.3 is 0 Å². The van der Waals surface area contributed by atoms with Crippen LogP contribution in [0, 0.1) is 10.1 Å². The summed E-state index contributed by atoms with van der Waals surface area (Å²) in [6, 6.07) is 23.1. The van der Waals surface area contributed by atoms with Gasteiger partial charge in [0.1, 0.15) is 5.84 Å². The van der Waals surface area contributed by atoms with Crippen LogP contribution in [0.1, 0.15) is 5.56 Å². The highest BCUT2D eigenvalue weighted by molar-refractivity contribution is 7.97. The van der Waals surface area contributed by atoms with Gasteiger partial charge in [0, 0.05) is 23.4 Å². The van der Waals surface area contributed by atoms with Gasteiger partial charge in [-0.05, 0) is 36.5 Å². The highest BCUT2D eigenvalue weighted by Gasteiger charge is 2.28. The fourth-order valence-electron chi connectivity index (χ4n) is 2.60. The van der Waals surface area contributed by atoms with Crippen molar-refractivity contribution < 1.29 is 13.7 Å². The minimum absolute atomic E-state index is 0.0328. The number of hydrogen-bond donors (Lipinski definition) is 3. The Bertz CT molecular complexity index is 1140. The molecular weight excluding hydrogens is 436 g/mol. The number of nitro groups is 1. The van der Waals surface area contributed by atoms with E-state index in [1.54, 1.807) is 42.5 Å². The smallest absolute Gasteiger partial charge is 0.269 e. The van der Waals surface area contributed by atoms with E-state index in [1.165, 1.54) is 24.3 Å². The molecule has 0 saturated carbocycles. The third-order valence-electron chi connectivity index (χ3n) is 4.12. The zero-order chi connectivity index (χ0) is 22.3. The summed E-state index contributed by atoms with van der Waals surface area (Å²) < 4.78 is 23.1. The SMILES string of the molecule is O=[N+]([O-])c1ccc(NC(=S)NC(=NC[S+](=O)(O)c2ccccc2)c2ccccc2)cc1. The third-order valence-corrected chi connectivity index (χ3v) is 5.82. The Morgan fingerprint density at radius 3 is 2.16 bits per heavy atom. The normalized spacial score (nSPS) is 13.1. The van der Waals surface area contributed by atoms with Gasteiger partial charge in [0.25, 0.3) is 15.9 Å². The van der Waals surface area contributed by atoms with Crippen molar-refractivity contribution in [2.24, 2.45) is 4.99 Å². The molecule has 3 rings (SSSR count). The second-order valence-corrected chi connectivity index (χ2v) is 8.76. The van der Waals surface area contributed by atoms with E-state index in [0.717, 1.165) is 0 Å². The van der Waals surface area contributed by atoms with E-state index in [4.69, 9.17) is 12.2 Å². The Morgan fingerprint density at radius 2 is 1.58 bits per heavy atom. The molecule has 8 nitrogen and oxygen atoms in total. The molecule has 0 fully saturated rings. The fraction of sp³-hybridized carbons (Fsp3) is 0.0476. The average Bonchev–Trinajstić information content (AvgIpc) is 2.78. The van der Waals surface area contributed by atoms with Crippen molar-refractivity contribution in [3.05, 3.63) is 101 Å². The highest BCUT2D eigenvalue weighted by Crippen LogP contribution is 2.17. The number of thiocarbonyl (C=S) groups is 1. The number of benzene rings is 3. The molecule has 0 aliphatic carbocycles. The third kappa shape index (κ3) is 6.25. The monoisotopic (exact) mass is 455 g/mol. The van der Waals surface area contributed by atoms with Crippen LogP contribution in [0.15, 0.2) is 94.8 Å². The van der Waals surface area contributed by atoms with Crippen molar-refractivity contribution in [1.29, 1.82) is 0 Å². The lowest BCUT2D eigenvalue weighted by atomic mass is 10.2. The minimum atomic E-state index is -3.38. The Morgan fingerprint density at radius 1 is 1.00 bits per heavy atom. The van der Waals surface area contributed by atoms with E-state index in [2.05, 4.69) is 15.6 Å². The number of aliphatic imine (C=N–C) groups is 1. The van der Waals surface area contributed by atoms with Crippen molar-refractivity contribution >= 4 is 44.8 Å². The summed E-state index contributed by atoms with van der Waals surface area (Å²) in [5.74, 6) is -0.0355. The lowest BCUT2D eigenvalue weighted by Crippen LogP contribution is -2.35. The molecule has 3 aromatic carbocycles. The van der Waals surface area contributed by atoms with Gasteiger partial charge in [0.2, 0.25) is 5.88 Å². The molecule has 0 spiro atoms. The first kappa shape index (κ1) is 22.2. The summed E-state index contributed by atoms with van der Waals surface area (Å²) in [6.45, 7) is 0. The molecule has 0 bridgehead atoms. The first-order chi connectivity index (χ1) is 14.8. The molecule has 0 amide bonds. The van der Waals surface area contributed by atoms with E-state index in [9.17, 15) is 18.9 Å². The lowest BCUT2D eigenvalue weighted by Gasteiger charge is -2.13. The molecule has 0 aliphatic heterocycles. The second-order valence-electron chi connectivity index (χ2n) is 6.34. The standard InChI is InChI=1S/C21H18N4O4S2/c26-25(27)18-13-11-17(12-14-18)23-21(30)24-20(16-7-3-1-4-8-16)22-15-31(28,29)19-9-5-2-6-10-19/h1-14H,15H2,(H2-,22,23,24,28,29,30)/p+1. The minimum Gasteiger partial charge on any atom is -0.332 e. The van der Waals surface area contributed by atoms with Crippen LogP contribution in [0.4, 0.5) is 11.4 Å². The Balaban J connectivity index is 1.78. The van der Waals surface area contributed by atoms with Crippen LogP contribution in [0.5, 0.6) is 0 Å². The fourth-order valence-corrected chi connectivity index (χ4v) is 3.85. The number of anilines is 1. The van der Waals surface area contributed by atoms with Crippen molar-refractivity contribution in [2.75, 3.05) is 11.2 Å². The average molecular weight is 456 g/mol. The maximum Gasteiger partial charge on any atom is 0.269 e. The van der Waals surface area contributed by atoms with Crippen LogP contribution in [0.3, 0.4) is 0 Å². The second kappa shape index (κ2) is 10.0. The van der Waals surface area contributed by atoms with Crippen LogP contribution in [0.2, 0.25) is 0 Å². The van der Waals surface area contributed by atoms with Gasteiger partial charge in [-0.15, -0.1) is 0 Å². The summed E-state index contributed by atoms with van der Waals surface area (Å²) in [7, 11) is -3.38. The maximum atomic E-state index is 12.7. The molecule has 3 aromatic rings. The molecule has 0 radical (unpaired) electrons. The van der Waals surface area contributed by atoms with Crippen LogP contribution in [-0.2, 0) is 14.4 Å². The number of amidine groups is 1. The first-order valence-electron chi connectivity index (χ1n) is 9.07. The molecule has 158 valence electrons. The van der Waals surface area contributed by atoms with Crippen molar-refractivity contribution in [1.82, 2.24) is 5.32 Å². The van der Waals surface area contributed by atoms with Gasteiger partial charge in [0.05, 0.1) is 4.92 Å². The van der Waals surface area contributed by atoms with Gasteiger partial charge < -0.3 is 10.6 Å². The van der Waals surface area contributed by atoms with Crippen LogP contribution in [0.25, 0.3) is 0 Å². The molecule has 1 atom stereocenters. The number of nitro benzene ring substituents is 1. The molecule has 0 aromatic heterocycles. The largest absolute Gasteiger partial charge is 0.332 e. The van der Waals surface area contributed by atoms with Gasteiger partial charge in [-0.3, -0.25) is 10.1 Å². The summed E-state index contributed by atoms with van der Waals surface area (Å²) >= 11 is 5.33. The van der Waals surface area contributed by atoms with Crippen molar-refractivity contribution in [3.8, 4) is 0 Å². The Kier molecular flexibility index (Phi) is 7.19. The summed E-state index contributed by atoms with van der Waals surface area (Å²) in [4.78, 5) is 14.9. The number of nitrogens with one attached hydrogen (secondary N) is 2. The molecule has 31 heavy (non-hydrogen) atoms. The molecule has 3 N–H and O–H groups in total. The predicted octanol–water partition coefficient (Wildman–Crippen LogP) is 4.32. The summed E-state index contributed by atoms with van der Waals surface area (Å²) in [6.07, 6.45) is 0. The van der Waals surface area contributed by atoms with E-state index >= 15 is 0 Å². The van der Waals surface area contributed by atoms with Gasteiger partial charge in [-0.25, -0.2) is 4.99 Å². The molecule has 0 heterocycles. The summed E-state index contributed by atoms with van der Waals surface area (Å²) in [5.41, 5.74) is 1.19. The van der Waals surface area contributed by atoms with Crippen molar-refractivity contribution in [2.45, 2.75) is 4.90 Å².